The summed E-state index contributed by atoms with van der Waals surface area (Å²) in [6, 6.07) is 4.45. The minimum absolute atomic E-state index is 0.328. The molecule has 0 radical (unpaired) electrons. The Kier molecular flexibility index (Phi) is 4.07. The molecule has 1 aliphatic rings. The largest absolute Gasteiger partial charge is 0.328 e. The summed E-state index contributed by atoms with van der Waals surface area (Å²) < 4.78 is 25.7. The Morgan fingerprint density at radius 2 is 1.88 bits per heavy atom. The highest BCUT2D eigenvalue weighted by molar-refractivity contribution is 5.18. The van der Waals surface area contributed by atoms with Gasteiger partial charge in [0.15, 0.2) is 11.6 Å². The van der Waals surface area contributed by atoms with Crippen LogP contribution in [-0.2, 0) is 6.42 Å². The van der Waals surface area contributed by atoms with Crippen LogP contribution in [0.15, 0.2) is 18.2 Å². The molecular weight excluding hydrogens is 222 g/mol. The maximum Gasteiger partial charge on any atom is 0.159 e. The average molecular weight is 240 g/mol. The predicted octanol–water partition coefficient (Wildman–Crippen LogP) is 1.93. The molecule has 4 heteroatoms. The molecular formula is C13H18F2N2. The van der Waals surface area contributed by atoms with Gasteiger partial charge in [-0.15, -0.1) is 0 Å². The third-order valence-corrected chi connectivity index (χ3v) is 3.33. The van der Waals surface area contributed by atoms with Crippen molar-refractivity contribution in [3.63, 3.8) is 0 Å². The third kappa shape index (κ3) is 3.48. The van der Waals surface area contributed by atoms with Crippen molar-refractivity contribution in [2.24, 2.45) is 5.73 Å². The van der Waals surface area contributed by atoms with Crippen molar-refractivity contribution in [1.82, 2.24) is 4.90 Å². The number of hydrogen-bond donors (Lipinski definition) is 1. The molecule has 0 unspecified atom stereocenters. The molecule has 1 fully saturated rings. The Hall–Kier alpha value is -1.00. The summed E-state index contributed by atoms with van der Waals surface area (Å²) in [6.07, 6.45) is 2.81. The Balaban J connectivity index is 1.83. The van der Waals surface area contributed by atoms with Crippen LogP contribution < -0.4 is 5.73 Å². The van der Waals surface area contributed by atoms with Gasteiger partial charge in [0.2, 0.25) is 0 Å². The second kappa shape index (κ2) is 5.56. The highest BCUT2D eigenvalue weighted by atomic mass is 19.2. The van der Waals surface area contributed by atoms with Crippen molar-refractivity contribution in [3.05, 3.63) is 35.4 Å². The molecule has 1 heterocycles. The summed E-state index contributed by atoms with van der Waals surface area (Å²) in [5.74, 6) is -1.54. The predicted molar refractivity (Wildman–Crippen MR) is 63.7 cm³/mol. The maximum atomic E-state index is 13.0. The van der Waals surface area contributed by atoms with Crippen LogP contribution in [-0.4, -0.2) is 30.6 Å². The molecule has 0 saturated carbocycles. The summed E-state index contributed by atoms with van der Waals surface area (Å²) in [5, 5.41) is 0. The maximum absolute atomic E-state index is 13.0. The second-order valence-corrected chi connectivity index (χ2v) is 4.68. The van der Waals surface area contributed by atoms with Gasteiger partial charge in [-0.1, -0.05) is 6.07 Å². The van der Waals surface area contributed by atoms with E-state index in [-0.39, 0.29) is 0 Å². The molecule has 0 amide bonds. The summed E-state index contributed by atoms with van der Waals surface area (Å²) >= 11 is 0. The number of likely N-dealkylation sites (tertiary alicyclic amines) is 1. The first kappa shape index (κ1) is 12.5. The van der Waals surface area contributed by atoms with E-state index in [4.69, 9.17) is 5.73 Å². The normalized spacial score (nSPS) is 18.5. The number of nitrogens with zero attached hydrogens (tertiary/aromatic N) is 1. The lowest BCUT2D eigenvalue weighted by Gasteiger charge is -2.29. The molecule has 2 nitrogen and oxygen atoms in total. The number of hydrogen-bond acceptors (Lipinski definition) is 2. The molecule has 17 heavy (non-hydrogen) atoms. The average Bonchev–Trinajstić information content (AvgIpc) is 2.33. The van der Waals surface area contributed by atoms with Gasteiger partial charge in [-0.3, -0.25) is 0 Å². The van der Waals surface area contributed by atoms with Crippen molar-refractivity contribution < 1.29 is 8.78 Å². The van der Waals surface area contributed by atoms with Crippen LogP contribution in [0.2, 0.25) is 0 Å². The fourth-order valence-corrected chi connectivity index (χ4v) is 2.16. The van der Waals surface area contributed by atoms with Gasteiger partial charge < -0.3 is 10.6 Å². The van der Waals surface area contributed by atoms with Crippen LogP contribution in [0.4, 0.5) is 8.78 Å². The quantitative estimate of drug-likeness (QED) is 0.874. The second-order valence-electron chi connectivity index (χ2n) is 4.68. The lowest BCUT2D eigenvalue weighted by atomic mass is 10.1. The molecule has 0 atom stereocenters. The molecule has 1 aromatic rings. The van der Waals surface area contributed by atoms with E-state index in [1.165, 1.54) is 12.1 Å². The van der Waals surface area contributed by atoms with E-state index in [1.807, 2.05) is 0 Å². The minimum Gasteiger partial charge on any atom is -0.328 e. The van der Waals surface area contributed by atoms with E-state index in [2.05, 4.69) is 4.90 Å². The number of halogens is 2. The van der Waals surface area contributed by atoms with Gasteiger partial charge in [0.25, 0.3) is 0 Å². The first-order valence-electron chi connectivity index (χ1n) is 6.07. The van der Waals surface area contributed by atoms with E-state index in [1.54, 1.807) is 6.07 Å². The van der Waals surface area contributed by atoms with Gasteiger partial charge in [0.05, 0.1) is 0 Å². The van der Waals surface area contributed by atoms with Crippen molar-refractivity contribution in [2.45, 2.75) is 25.3 Å². The summed E-state index contributed by atoms with van der Waals surface area (Å²) in [6.45, 7) is 2.90. The van der Waals surface area contributed by atoms with Gasteiger partial charge in [-0.2, -0.15) is 0 Å². The molecule has 1 saturated heterocycles. The minimum atomic E-state index is -0.780. The van der Waals surface area contributed by atoms with Crippen LogP contribution in [0.3, 0.4) is 0 Å². The lowest BCUT2D eigenvalue weighted by Crippen LogP contribution is -2.40. The lowest BCUT2D eigenvalue weighted by molar-refractivity contribution is 0.215. The van der Waals surface area contributed by atoms with E-state index < -0.39 is 11.6 Å². The van der Waals surface area contributed by atoms with Gasteiger partial charge in [0, 0.05) is 12.6 Å². The van der Waals surface area contributed by atoms with Crippen molar-refractivity contribution in [3.8, 4) is 0 Å². The highest BCUT2D eigenvalue weighted by Crippen LogP contribution is 2.12. The number of rotatable bonds is 3. The highest BCUT2D eigenvalue weighted by Gasteiger charge is 2.15. The Bertz CT molecular complexity index is 374. The standard InChI is InChI=1S/C13H18F2N2/c14-12-2-1-10(9-13(12)15)3-6-17-7-4-11(16)5-8-17/h1-2,9,11H,3-8,16H2. The third-order valence-electron chi connectivity index (χ3n) is 3.33. The van der Waals surface area contributed by atoms with Crippen LogP contribution >= 0.6 is 0 Å². The van der Waals surface area contributed by atoms with Crippen LogP contribution in [0.25, 0.3) is 0 Å². The monoisotopic (exact) mass is 240 g/mol. The van der Waals surface area contributed by atoms with E-state index in [0.717, 1.165) is 44.5 Å². The van der Waals surface area contributed by atoms with Gasteiger partial charge in [-0.05, 0) is 50.0 Å². The summed E-state index contributed by atoms with van der Waals surface area (Å²) in [5.41, 5.74) is 6.67. The van der Waals surface area contributed by atoms with Gasteiger partial charge in [-0.25, -0.2) is 8.78 Å². The zero-order valence-corrected chi connectivity index (χ0v) is 9.83. The van der Waals surface area contributed by atoms with Crippen LogP contribution in [0, 0.1) is 11.6 Å². The van der Waals surface area contributed by atoms with Crippen molar-refractivity contribution in [2.75, 3.05) is 19.6 Å². The molecule has 1 aliphatic heterocycles. The van der Waals surface area contributed by atoms with Crippen molar-refractivity contribution in [1.29, 1.82) is 0 Å². The molecule has 1 aromatic carbocycles. The fraction of sp³-hybridized carbons (Fsp3) is 0.538. The summed E-state index contributed by atoms with van der Waals surface area (Å²) in [4.78, 5) is 2.32. The zero-order valence-electron chi connectivity index (χ0n) is 9.83. The molecule has 0 aromatic heterocycles. The van der Waals surface area contributed by atoms with Crippen LogP contribution in [0.5, 0.6) is 0 Å². The molecule has 94 valence electrons. The number of benzene rings is 1. The molecule has 2 N–H and O–H groups in total. The number of nitrogens with two attached hydrogens (primary N) is 1. The van der Waals surface area contributed by atoms with E-state index >= 15 is 0 Å². The Morgan fingerprint density at radius 3 is 2.53 bits per heavy atom. The Morgan fingerprint density at radius 1 is 1.18 bits per heavy atom. The molecule has 0 spiro atoms. The van der Waals surface area contributed by atoms with Crippen LogP contribution in [0.1, 0.15) is 18.4 Å². The van der Waals surface area contributed by atoms with Crippen molar-refractivity contribution >= 4 is 0 Å². The molecule has 0 bridgehead atoms. The first-order chi connectivity index (χ1) is 8.15. The smallest absolute Gasteiger partial charge is 0.159 e. The van der Waals surface area contributed by atoms with Gasteiger partial charge in [0.1, 0.15) is 0 Å². The van der Waals surface area contributed by atoms with E-state index in [0.29, 0.717) is 6.04 Å². The number of piperidine rings is 1. The Labute approximate surface area is 100 Å². The fourth-order valence-electron chi connectivity index (χ4n) is 2.16. The molecule has 2 rings (SSSR count). The first-order valence-corrected chi connectivity index (χ1v) is 6.07. The van der Waals surface area contributed by atoms with Gasteiger partial charge >= 0.3 is 0 Å². The van der Waals surface area contributed by atoms with E-state index in [9.17, 15) is 8.78 Å². The molecule has 0 aliphatic carbocycles. The zero-order chi connectivity index (χ0) is 12.3. The SMILES string of the molecule is NC1CCN(CCc2ccc(F)c(F)c2)CC1. The topological polar surface area (TPSA) is 29.3 Å². The summed E-state index contributed by atoms with van der Waals surface area (Å²) in [7, 11) is 0.